The second-order valence-corrected chi connectivity index (χ2v) is 16.4. The molecule has 72 heavy (non-hydrogen) atoms. The normalized spacial score (nSPS) is 23.0. The van der Waals surface area contributed by atoms with Crippen molar-refractivity contribution in [3.63, 3.8) is 0 Å². The van der Waals surface area contributed by atoms with Crippen LogP contribution in [0.2, 0.25) is 0 Å². The number of H-pyrrole nitrogens is 1. The molecule has 0 aliphatic carbocycles. The second-order valence-electron chi connectivity index (χ2n) is 16.4. The Morgan fingerprint density at radius 3 is 1.75 bits per heavy atom. The van der Waals surface area contributed by atoms with Gasteiger partial charge in [0.15, 0.2) is 0 Å². The Morgan fingerprint density at radius 2 is 1.26 bits per heavy atom. The minimum atomic E-state index is -0.640. The van der Waals surface area contributed by atoms with Crippen molar-refractivity contribution in [2.45, 2.75) is 62.0 Å². The number of methoxy groups -OCH3 is 3. The van der Waals surface area contributed by atoms with Crippen LogP contribution >= 0.6 is 0 Å². The molecule has 2 amide bonds. The molecule has 2 unspecified atom stereocenters. The molecular weight excluding hydrogens is 1030 g/mol. The molecular formula is C48H67N10O13Pd-. The van der Waals surface area contributed by atoms with Gasteiger partial charge in [0.2, 0.25) is 5.95 Å². The number of nitrogens with zero attached hydrogens (tertiary/aromatic N) is 6. The molecule has 398 valence electrons. The predicted molar refractivity (Wildman–Crippen MR) is 262 cm³/mol. The maximum Gasteiger partial charge on any atom is 0.410 e. The zero-order valence-corrected chi connectivity index (χ0v) is 42.2. The molecule has 5 aliphatic heterocycles. The first-order chi connectivity index (χ1) is 33.5. The van der Waals surface area contributed by atoms with Crippen LogP contribution in [0.3, 0.4) is 0 Å². The molecule has 0 saturated carbocycles. The molecule has 11 N–H and O–H groups in total. The summed E-state index contributed by atoms with van der Waals surface area (Å²) in [5.74, 6) is 0.225. The van der Waals surface area contributed by atoms with E-state index in [-0.39, 0.29) is 102 Å². The number of pyridine rings is 1. The van der Waals surface area contributed by atoms with E-state index in [1.807, 2.05) is 79.0 Å². The number of epoxide rings is 1. The average molecular weight is 1100 g/mol. The summed E-state index contributed by atoms with van der Waals surface area (Å²) in [7, 11) is 4.75. The molecule has 23 nitrogen and oxygen atoms in total. The summed E-state index contributed by atoms with van der Waals surface area (Å²) in [6, 6.07) is 22.9. The maximum atomic E-state index is 11.8. The SMILES string of the molecule is CO[C@@H]1CN(C(=O)OCc2ccccc2)C[C@H]1O.CO[C@@H]1CN(c2ccnc3[nH]cc(-c4ccnc(N)n4)c23)C[C@H]1O.CO[C@@H]1CNC[C@H]1O.N.O=C(OCc1ccccc1)N1CC2OC2C1.O=CO.[CH3-].[Pd]. The molecule has 0 spiro atoms. The number of β-amino-alcohol motifs (C(OH)–C–C–N with tert-alkyl or cyclic N) is 3. The van der Waals surface area contributed by atoms with E-state index < -0.39 is 18.3 Å². The smallest absolute Gasteiger partial charge is 0.410 e. The molecule has 5 fully saturated rings. The molecule has 2 aromatic carbocycles. The fourth-order valence-electron chi connectivity index (χ4n) is 8.01. The third-order valence-corrected chi connectivity index (χ3v) is 11.8. The summed E-state index contributed by atoms with van der Waals surface area (Å²) >= 11 is 0. The quantitative estimate of drug-likeness (QED) is 0.0455. The van der Waals surface area contributed by atoms with Gasteiger partial charge in [-0.25, -0.2) is 24.5 Å². The van der Waals surface area contributed by atoms with Crippen LogP contribution in [0.4, 0.5) is 21.2 Å². The van der Waals surface area contributed by atoms with Crippen LogP contribution in [-0.4, -0.2) is 191 Å². The molecule has 5 saturated heterocycles. The zero-order chi connectivity index (χ0) is 49.3. The molecule has 5 aromatic rings. The molecule has 24 heteroatoms. The number of fused-ring (bicyclic) bond motifs is 2. The van der Waals surface area contributed by atoms with E-state index in [4.69, 9.17) is 49.2 Å². The minimum Gasteiger partial charge on any atom is -0.483 e. The molecule has 8 atom stereocenters. The van der Waals surface area contributed by atoms with Crippen molar-refractivity contribution in [1.82, 2.24) is 41.2 Å². The van der Waals surface area contributed by atoms with Crippen molar-refractivity contribution in [3.8, 4) is 11.3 Å². The molecule has 0 radical (unpaired) electrons. The van der Waals surface area contributed by atoms with Gasteiger partial charge in [-0.05, 0) is 23.3 Å². The number of likely N-dealkylation sites (tertiary alicyclic amines) is 2. The first-order valence-electron chi connectivity index (χ1n) is 22.2. The van der Waals surface area contributed by atoms with Gasteiger partial charge in [-0.3, -0.25) is 4.79 Å². The van der Waals surface area contributed by atoms with E-state index in [1.165, 1.54) is 12.0 Å². The Bertz CT molecular complexity index is 2370. The van der Waals surface area contributed by atoms with Crippen LogP contribution in [0, 0.1) is 7.43 Å². The van der Waals surface area contributed by atoms with Crippen molar-refractivity contribution < 1.29 is 83.7 Å². The zero-order valence-electron chi connectivity index (χ0n) is 40.7. The summed E-state index contributed by atoms with van der Waals surface area (Å²) in [4.78, 5) is 52.8. The number of aliphatic hydroxyl groups is 3. The summed E-state index contributed by atoms with van der Waals surface area (Å²) in [5, 5.41) is 39.6. The number of rotatable bonds is 9. The van der Waals surface area contributed by atoms with Gasteiger partial charge in [0.25, 0.3) is 6.47 Å². The number of ether oxygens (including phenoxy) is 6. The number of carbonyl (C=O) groups is 3. The third-order valence-electron chi connectivity index (χ3n) is 11.8. The number of hydrogen-bond donors (Lipinski definition) is 8. The monoisotopic (exact) mass is 1100 g/mol. The van der Waals surface area contributed by atoms with E-state index >= 15 is 0 Å². The van der Waals surface area contributed by atoms with Gasteiger partial charge in [0.1, 0.15) is 43.3 Å². The topological polar surface area (TPSA) is 328 Å². The molecule has 10 rings (SSSR count). The van der Waals surface area contributed by atoms with Gasteiger partial charge in [0.05, 0.1) is 67.4 Å². The Morgan fingerprint density at radius 1 is 0.736 bits per heavy atom. The summed E-state index contributed by atoms with van der Waals surface area (Å²) in [5.41, 5.74) is 11.0. The largest absolute Gasteiger partial charge is 0.483 e. The van der Waals surface area contributed by atoms with Gasteiger partial charge in [0, 0.05) is 92.1 Å². The number of aromatic nitrogens is 4. The number of carbonyl (C=O) groups excluding carboxylic acids is 2. The van der Waals surface area contributed by atoms with Crippen molar-refractivity contribution in [3.05, 3.63) is 110 Å². The fraction of sp³-hybridized carbons (Fsp3) is 0.438. The predicted octanol–water partition coefficient (Wildman–Crippen LogP) is 2.49. The Balaban J connectivity index is 0.000000257. The number of hydrogen-bond acceptors (Lipinski definition) is 19. The van der Waals surface area contributed by atoms with Gasteiger partial charge in [-0.2, -0.15) is 0 Å². The van der Waals surface area contributed by atoms with Crippen molar-refractivity contribution >= 4 is 41.3 Å². The average Bonchev–Trinajstić information content (AvgIpc) is 3.97. The van der Waals surface area contributed by atoms with Crippen molar-refractivity contribution in [2.24, 2.45) is 0 Å². The standard InChI is InChI=1S/C16H18N6O2.C13H17NO4.C12H13NO3.C5H11NO2.CH2O2.CH3.H3N.Pd/c1-24-13-8-22(7-12(13)23)11-3-5-18-15-14(11)9(6-20-15)10-2-4-19-16(17)21-10;1-17-12-8-14(7-11(12)15)13(16)18-9-10-5-3-2-4-6-10;14-12(13-6-10-11(7-13)16-10)15-8-9-4-2-1-3-5-9;1-8-5-3-6-2-4(5)7;2-1-3;;;/h2-6,12-13,23H,7-8H2,1H3,(H,18,20)(H2,17,19,21);2-6,11-12,15H,7-9H2,1H3;1-5,10-11H,6-8H2;4-7H,2-3H2,1H3;1H,(H,2,3);2*1H3;/q;;;;;-1;;/t12-,13-;11-,12-;;4-,5-;;;;/m11.1..../s1. The number of amides is 2. The number of aliphatic hydroxyl groups excluding tert-OH is 3. The molecule has 5 aliphatic rings. The number of aromatic amines is 1. The van der Waals surface area contributed by atoms with Crippen molar-refractivity contribution in [1.29, 1.82) is 0 Å². The number of carboxylic acid groups (broad SMARTS) is 1. The first kappa shape index (κ1) is 60.4. The number of benzene rings is 2. The number of nitrogens with two attached hydrogens (primary N) is 1. The van der Waals surface area contributed by atoms with E-state index in [9.17, 15) is 19.8 Å². The Kier molecular flexibility index (Phi) is 25.4. The number of anilines is 2. The van der Waals surface area contributed by atoms with Gasteiger partial charge < -0.3 is 93.2 Å². The summed E-state index contributed by atoms with van der Waals surface area (Å²) < 4.78 is 31.0. The van der Waals surface area contributed by atoms with E-state index in [0.717, 1.165) is 45.6 Å². The summed E-state index contributed by atoms with van der Waals surface area (Å²) in [6.07, 6.45) is 3.14. The molecule has 3 aromatic heterocycles. The van der Waals surface area contributed by atoms with Crippen LogP contribution < -0.4 is 22.1 Å². The van der Waals surface area contributed by atoms with Crippen LogP contribution in [0.5, 0.6) is 0 Å². The van der Waals surface area contributed by atoms with Crippen molar-refractivity contribution in [2.75, 3.05) is 84.3 Å². The first-order valence-corrected chi connectivity index (χ1v) is 22.2. The van der Waals surface area contributed by atoms with Crippen LogP contribution in [-0.2, 0) is 66.9 Å². The van der Waals surface area contributed by atoms with E-state index in [2.05, 4.69) is 30.2 Å². The fourth-order valence-corrected chi connectivity index (χ4v) is 8.01. The van der Waals surface area contributed by atoms with Gasteiger partial charge in [-0.1, -0.05) is 60.7 Å². The number of morpholine rings is 1. The van der Waals surface area contributed by atoms with Crippen LogP contribution in [0.25, 0.3) is 22.3 Å². The summed E-state index contributed by atoms with van der Waals surface area (Å²) in [6.45, 7) is 4.88. The van der Waals surface area contributed by atoms with Gasteiger partial charge in [-0.15, -0.1) is 0 Å². The van der Waals surface area contributed by atoms with Crippen LogP contribution in [0.15, 0.2) is 91.4 Å². The minimum absolute atomic E-state index is 0. The van der Waals surface area contributed by atoms with E-state index in [0.29, 0.717) is 45.9 Å². The molecule has 8 heterocycles. The van der Waals surface area contributed by atoms with Gasteiger partial charge >= 0.3 is 12.2 Å². The van der Waals surface area contributed by atoms with Crippen LogP contribution in [0.1, 0.15) is 11.1 Å². The Labute approximate surface area is 432 Å². The number of nitrogen functional groups attached to an aromatic ring is 1. The molecule has 0 bridgehead atoms. The van der Waals surface area contributed by atoms with E-state index in [1.54, 1.807) is 31.5 Å². The third kappa shape index (κ3) is 16.9. The second kappa shape index (κ2) is 30.2. The maximum absolute atomic E-state index is 11.8. The Hall–Kier alpha value is -5.88. The number of nitrogens with one attached hydrogen (secondary N) is 2.